The summed E-state index contributed by atoms with van der Waals surface area (Å²) in [6.07, 6.45) is 5.41. The van der Waals surface area contributed by atoms with Gasteiger partial charge >= 0.3 is 0 Å². The highest BCUT2D eigenvalue weighted by atomic mass is 19.1. The van der Waals surface area contributed by atoms with Gasteiger partial charge in [-0.3, -0.25) is 14.7 Å². The first-order valence-corrected chi connectivity index (χ1v) is 11.6. The quantitative estimate of drug-likeness (QED) is 0.601. The van der Waals surface area contributed by atoms with Crippen LogP contribution in [-0.2, 0) is 4.79 Å². The van der Waals surface area contributed by atoms with Crippen LogP contribution in [0, 0.1) is 11.2 Å². The van der Waals surface area contributed by atoms with Crippen LogP contribution in [0.2, 0.25) is 0 Å². The SMILES string of the molecule is COc1ccc(C(=O)N2CCC3(CC2)CCN(c2ccc(-c4cn[nH]c4)c(OC)c2)C3=O)cc1F. The Morgan fingerprint density at radius 2 is 1.77 bits per heavy atom. The zero-order valence-electron chi connectivity index (χ0n) is 19.7. The van der Waals surface area contributed by atoms with Gasteiger partial charge in [0.05, 0.1) is 25.8 Å². The van der Waals surface area contributed by atoms with Gasteiger partial charge in [0, 0.05) is 54.3 Å². The summed E-state index contributed by atoms with van der Waals surface area (Å²) in [5.41, 5.74) is 2.39. The lowest BCUT2D eigenvalue weighted by Gasteiger charge is -2.38. The first kappa shape index (κ1) is 22.9. The molecule has 0 atom stereocenters. The Kier molecular flexibility index (Phi) is 5.92. The van der Waals surface area contributed by atoms with Crippen LogP contribution in [0.3, 0.4) is 0 Å². The fourth-order valence-corrected chi connectivity index (χ4v) is 5.14. The van der Waals surface area contributed by atoms with E-state index in [4.69, 9.17) is 9.47 Å². The zero-order chi connectivity index (χ0) is 24.6. The molecule has 2 aliphatic rings. The average Bonchev–Trinajstić information content (AvgIpc) is 3.53. The van der Waals surface area contributed by atoms with Crippen LogP contribution in [0.25, 0.3) is 11.1 Å². The van der Waals surface area contributed by atoms with Crippen molar-refractivity contribution in [3.63, 3.8) is 0 Å². The number of hydrogen-bond acceptors (Lipinski definition) is 5. The maximum Gasteiger partial charge on any atom is 0.253 e. The molecule has 0 aliphatic carbocycles. The smallest absolute Gasteiger partial charge is 0.253 e. The summed E-state index contributed by atoms with van der Waals surface area (Å²) >= 11 is 0. The van der Waals surface area contributed by atoms with Crippen molar-refractivity contribution in [3.05, 3.63) is 60.2 Å². The second kappa shape index (κ2) is 9.05. The minimum Gasteiger partial charge on any atom is -0.496 e. The summed E-state index contributed by atoms with van der Waals surface area (Å²) in [6, 6.07) is 9.98. The number of hydrogen-bond donors (Lipinski definition) is 1. The van der Waals surface area contributed by atoms with Crippen LogP contribution < -0.4 is 14.4 Å². The van der Waals surface area contributed by atoms with Crippen molar-refractivity contribution in [2.75, 3.05) is 38.8 Å². The Morgan fingerprint density at radius 3 is 2.43 bits per heavy atom. The van der Waals surface area contributed by atoms with Crippen molar-refractivity contribution >= 4 is 17.5 Å². The van der Waals surface area contributed by atoms with Gasteiger partial charge in [0.1, 0.15) is 5.75 Å². The molecule has 0 unspecified atom stereocenters. The highest BCUT2D eigenvalue weighted by Gasteiger charge is 2.49. The van der Waals surface area contributed by atoms with Gasteiger partial charge in [-0.1, -0.05) is 0 Å². The number of nitrogens with one attached hydrogen (secondary N) is 1. The Morgan fingerprint density at radius 1 is 1.03 bits per heavy atom. The largest absolute Gasteiger partial charge is 0.496 e. The monoisotopic (exact) mass is 478 g/mol. The lowest BCUT2D eigenvalue weighted by molar-refractivity contribution is -0.127. The Hall–Kier alpha value is -3.88. The van der Waals surface area contributed by atoms with E-state index in [2.05, 4.69) is 10.2 Å². The summed E-state index contributed by atoms with van der Waals surface area (Å²) in [5, 5.41) is 6.80. The van der Waals surface area contributed by atoms with Crippen molar-refractivity contribution in [2.45, 2.75) is 19.3 Å². The van der Waals surface area contributed by atoms with E-state index in [1.54, 1.807) is 30.5 Å². The maximum atomic E-state index is 14.1. The fraction of sp³-hybridized carbons (Fsp3) is 0.346. The summed E-state index contributed by atoms with van der Waals surface area (Å²) in [6.45, 7) is 1.52. The molecule has 8 nitrogen and oxygen atoms in total. The molecule has 5 rings (SSSR count). The molecule has 2 aliphatic heterocycles. The number of aromatic nitrogens is 2. The van der Waals surface area contributed by atoms with E-state index < -0.39 is 11.2 Å². The molecule has 2 fully saturated rings. The standard InChI is InChI=1S/C26H27FN4O4/c1-34-22-6-3-17(13-21(22)27)24(32)30-10-7-26(8-11-30)9-12-31(25(26)33)19-4-5-20(23(14-19)35-2)18-15-28-29-16-18/h3-6,13-16H,7-12H2,1-2H3,(H,28,29). The molecule has 2 aromatic carbocycles. The van der Waals surface area contributed by atoms with Gasteiger partial charge in [0.15, 0.2) is 11.6 Å². The van der Waals surface area contributed by atoms with Gasteiger partial charge < -0.3 is 19.3 Å². The van der Waals surface area contributed by atoms with Crippen LogP contribution in [-0.4, -0.2) is 60.8 Å². The molecule has 182 valence electrons. The summed E-state index contributed by atoms with van der Waals surface area (Å²) in [4.78, 5) is 30.0. The van der Waals surface area contributed by atoms with Gasteiger partial charge in [0.25, 0.3) is 5.91 Å². The molecular weight excluding hydrogens is 451 g/mol. The number of amides is 2. The van der Waals surface area contributed by atoms with E-state index in [9.17, 15) is 14.0 Å². The number of rotatable bonds is 5. The van der Waals surface area contributed by atoms with E-state index >= 15 is 0 Å². The lowest BCUT2D eigenvalue weighted by Crippen LogP contribution is -2.46. The molecule has 3 heterocycles. The number of anilines is 1. The zero-order valence-corrected chi connectivity index (χ0v) is 19.7. The molecule has 3 aromatic rings. The van der Waals surface area contributed by atoms with Crippen LogP contribution in [0.4, 0.5) is 10.1 Å². The number of ether oxygens (including phenoxy) is 2. The molecule has 0 radical (unpaired) electrons. The van der Waals surface area contributed by atoms with Gasteiger partial charge in [-0.05, 0) is 49.6 Å². The third kappa shape index (κ3) is 4.00. The Labute approximate surface area is 202 Å². The van der Waals surface area contributed by atoms with Gasteiger partial charge in [-0.25, -0.2) is 4.39 Å². The van der Waals surface area contributed by atoms with E-state index in [0.29, 0.717) is 38.2 Å². The lowest BCUT2D eigenvalue weighted by atomic mass is 9.77. The number of carbonyl (C=O) groups excluding carboxylic acids is 2. The highest BCUT2D eigenvalue weighted by molar-refractivity contribution is 6.01. The normalized spacial score (nSPS) is 17.2. The molecule has 2 saturated heterocycles. The number of carbonyl (C=O) groups is 2. The molecule has 2 amide bonds. The molecule has 1 N–H and O–H groups in total. The van der Waals surface area contributed by atoms with Crippen LogP contribution in [0.1, 0.15) is 29.6 Å². The predicted molar refractivity (Wildman–Crippen MR) is 128 cm³/mol. The summed E-state index contributed by atoms with van der Waals surface area (Å²) < 4.78 is 24.6. The second-order valence-electron chi connectivity index (χ2n) is 9.00. The van der Waals surface area contributed by atoms with Crippen LogP contribution >= 0.6 is 0 Å². The van der Waals surface area contributed by atoms with Crippen molar-refractivity contribution in [1.29, 1.82) is 0 Å². The number of nitrogens with zero attached hydrogens (tertiary/aromatic N) is 3. The third-order valence-corrected chi connectivity index (χ3v) is 7.23. The summed E-state index contributed by atoms with van der Waals surface area (Å²) in [7, 11) is 2.99. The average molecular weight is 479 g/mol. The van der Waals surface area contributed by atoms with Gasteiger partial charge in [-0.2, -0.15) is 5.10 Å². The fourth-order valence-electron chi connectivity index (χ4n) is 5.14. The number of methoxy groups -OCH3 is 2. The van der Waals surface area contributed by atoms with Crippen molar-refractivity contribution in [2.24, 2.45) is 5.41 Å². The highest BCUT2D eigenvalue weighted by Crippen LogP contribution is 2.44. The summed E-state index contributed by atoms with van der Waals surface area (Å²) in [5.74, 6) is 0.0548. The number of H-pyrrole nitrogens is 1. The van der Waals surface area contributed by atoms with Crippen LogP contribution in [0.15, 0.2) is 48.8 Å². The molecule has 0 bridgehead atoms. The third-order valence-electron chi connectivity index (χ3n) is 7.23. The number of likely N-dealkylation sites (tertiary alicyclic amines) is 1. The van der Waals surface area contributed by atoms with Gasteiger partial charge in [-0.15, -0.1) is 0 Å². The second-order valence-corrected chi connectivity index (χ2v) is 9.00. The van der Waals surface area contributed by atoms with Gasteiger partial charge in [0.2, 0.25) is 5.91 Å². The molecular formula is C26H27FN4O4. The van der Waals surface area contributed by atoms with Crippen molar-refractivity contribution < 1.29 is 23.5 Å². The molecule has 0 saturated carbocycles. The van der Waals surface area contributed by atoms with Crippen LogP contribution in [0.5, 0.6) is 11.5 Å². The number of piperidine rings is 1. The number of benzene rings is 2. The minimum atomic E-state index is -0.567. The van der Waals surface area contributed by atoms with Crippen molar-refractivity contribution in [1.82, 2.24) is 15.1 Å². The number of halogens is 1. The van der Waals surface area contributed by atoms with Crippen molar-refractivity contribution in [3.8, 4) is 22.6 Å². The Balaban J connectivity index is 1.29. The van der Waals surface area contributed by atoms with E-state index in [1.807, 2.05) is 23.1 Å². The first-order valence-electron chi connectivity index (χ1n) is 11.6. The molecule has 9 heteroatoms. The maximum absolute atomic E-state index is 14.1. The van der Waals surface area contributed by atoms with E-state index in [0.717, 1.165) is 23.2 Å². The molecule has 35 heavy (non-hydrogen) atoms. The van der Waals surface area contributed by atoms with E-state index in [-0.39, 0.29) is 23.1 Å². The Bertz CT molecular complexity index is 1250. The first-order chi connectivity index (χ1) is 17.0. The topological polar surface area (TPSA) is 87.8 Å². The molecule has 1 spiro atoms. The minimum absolute atomic E-state index is 0.0817. The number of aromatic amines is 1. The molecule has 1 aromatic heterocycles. The van der Waals surface area contributed by atoms with E-state index in [1.165, 1.54) is 19.2 Å². The predicted octanol–water partition coefficient (Wildman–Crippen LogP) is 3.89.